The second kappa shape index (κ2) is 20.3. The molecule has 1 N–H and O–H groups in total. The number of aliphatic hydroxyl groups excluding tert-OH is 1. The van der Waals surface area contributed by atoms with E-state index in [4.69, 9.17) is 14.6 Å². The van der Waals surface area contributed by atoms with E-state index >= 15 is 0 Å². The molecule has 0 atom stereocenters. The Morgan fingerprint density at radius 3 is 1.64 bits per heavy atom. The molecule has 1 aliphatic heterocycles. The van der Waals surface area contributed by atoms with Gasteiger partial charge in [0.2, 0.25) is 0 Å². The molecule has 1 aliphatic rings. The zero-order chi connectivity index (χ0) is 21.8. The van der Waals surface area contributed by atoms with Crippen LogP contribution in [0.5, 0.6) is 0 Å². The first-order chi connectivity index (χ1) is 13.4. The molecule has 8 heteroatoms. The molecule has 0 aliphatic carbocycles. The molecule has 0 radical (unpaired) electrons. The van der Waals surface area contributed by atoms with E-state index < -0.39 is 5.97 Å². The maximum absolute atomic E-state index is 11.0. The number of rotatable bonds is 9. The number of hydrogen-bond donors (Lipinski definition) is 1. The van der Waals surface area contributed by atoms with E-state index in [0.29, 0.717) is 46.2 Å². The van der Waals surface area contributed by atoms with Gasteiger partial charge in [0.25, 0.3) is 0 Å². The predicted molar refractivity (Wildman–Crippen MR) is 112 cm³/mol. The van der Waals surface area contributed by atoms with Gasteiger partial charge in [-0.15, -0.1) is 0 Å². The molecular formula is C20H41N3O5. The quantitative estimate of drug-likeness (QED) is 0.462. The molecule has 28 heavy (non-hydrogen) atoms. The summed E-state index contributed by atoms with van der Waals surface area (Å²) in [6.45, 7) is 17.8. The van der Waals surface area contributed by atoms with Gasteiger partial charge in [0.1, 0.15) is 13.2 Å². The summed E-state index contributed by atoms with van der Waals surface area (Å²) in [6.07, 6.45) is 3.64. The number of aliphatic hydroxyl groups is 1. The largest absolute Gasteiger partial charge is 0.465 e. The second-order valence-corrected chi connectivity index (χ2v) is 6.46. The lowest BCUT2D eigenvalue weighted by molar-refractivity contribution is -0.142. The summed E-state index contributed by atoms with van der Waals surface area (Å²) < 4.78 is 9.94. The van der Waals surface area contributed by atoms with E-state index in [9.17, 15) is 9.59 Å². The lowest BCUT2D eigenvalue weighted by Crippen LogP contribution is -2.56. The Morgan fingerprint density at radius 1 is 0.893 bits per heavy atom. The van der Waals surface area contributed by atoms with Crippen LogP contribution < -0.4 is 0 Å². The summed E-state index contributed by atoms with van der Waals surface area (Å²) >= 11 is 0. The van der Waals surface area contributed by atoms with Gasteiger partial charge in [-0.1, -0.05) is 47.1 Å². The fourth-order valence-corrected chi connectivity index (χ4v) is 2.20. The van der Waals surface area contributed by atoms with Crippen molar-refractivity contribution < 1.29 is 24.2 Å². The Hall–Kier alpha value is -1.48. The SMILES string of the molecule is C=CC(=O)OCCN1CN(CCO)CN(CCOC(C)=O)C1.CCC.CCC. The van der Waals surface area contributed by atoms with Crippen LogP contribution in [0.3, 0.4) is 0 Å². The zero-order valence-corrected chi connectivity index (χ0v) is 18.5. The van der Waals surface area contributed by atoms with E-state index in [0.717, 1.165) is 6.08 Å². The molecule has 1 saturated heterocycles. The van der Waals surface area contributed by atoms with Crippen molar-refractivity contribution in [3.8, 4) is 0 Å². The fourth-order valence-electron chi connectivity index (χ4n) is 2.20. The van der Waals surface area contributed by atoms with E-state index in [1.807, 2.05) is 0 Å². The highest BCUT2D eigenvalue weighted by molar-refractivity contribution is 5.81. The van der Waals surface area contributed by atoms with Crippen molar-refractivity contribution >= 4 is 11.9 Å². The Morgan fingerprint density at radius 2 is 1.29 bits per heavy atom. The number of ether oxygens (including phenoxy) is 2. The van der Waals surface area contributed by atoms with E-state index in [1.54, 1.807) is 0 Å². The first kappa shape index (κ1) is 28.7. The molecule has 166 valence electrons. The number of carbonyl (C=O) groups excluding carboxylic acids is 2. The average molecular weight is 404 g/mol. The van der Waals surface area contributed by atoms with E-state index in [-0.39, 0.29) is 19.2 Å². The highest BCUT2D eigenvalue weighted by Gasteiger charge is 2.22. The van der Waals surface area contributed by atoms with Crippen LogP contribution in [0, 0.1) is 0 Å². The lowest BCUT2D eigenvalue weighted by Gasteiger charge is -2.41. The van der Waals surface area contributed by atoms with Crippen molar-refractivity contribution in [2.24, 2.45) is 0 Å². The smallest absolute Gasteiger partial charge is 0.330 e. The van der Waals surface area contributed by atoms with Crippen LogP contribution >= 0.6 is 0 Å². The van der Waals surface area contributed by atoms with Crippen molar-refractivity contribution in [1.29, 1.82) is 0 Å². The molecular weight excluding hydrogens is 362 g/mol. The van der Waals surface area contributed by atoms with Gasteiger partial charge in [-0.3, -0.25) is 19.5 Å². The molecule has 0 spiro atoms. The number of nitrogens with zero attached hydrogens (tertiary/aromatic N) is 3. The Bertz CT molecular complexity index is 405. The van der Waals surface area contributed by atoms with Gasteiger partial charge in [0, 0.05) is 32.6 Å². The van der Waals surface area contributed by atoms with Crippen LogP contribution in [0.4, 0.5) is 0 Å². The monoisotopic (exact) mass is 403 g/mol. The first-order valence-electron chi connectivity index (χ1n) is 10.1. The van der Waals surface area contributed by atoms with Crippen molar-refractivity contribution in [3.63, 3.8) is 0 Å². The van der Waals surface area contributed by atoms with Gasteiger partial charge in [0.05, 0.1) is 26.6 Å². The molecule has 0 unspecified atom stereocenters. The summed E-state index contributed by atoms with van der Waals surface area (Å²) in [5, 5.41) is 9.09. The second-order valence-electron chi connectivity index (χ2n) is 6.46. The predicted octanol–water partition coefficient (Wildman–Crippen LogP) is 1.90. The van der Waals surface area contributed by atoms with Crippen molar-refractivity contribution in [2.45, 2.75) is 47.5 Å². The summed E-state index contributed by atoms with van der Waals surface area (Å²) in [6, 6.07) is 0. The standard InChI is InChI=1S/C14H25N3O5.2C3H8/c1-3-14(20)22-9-6-17-11-15(4-7-18)10-16(12-17)5-8-21-13(2)19;2*1-3-2/h3,18H,1,4-12H2,2H3;2*3H2,1-2H3. The molecule has 0 bridgehead atoms. The number of hydrogen-bond acceptors (Lipinski definition) is 8. The maximum Gasteiger partial charge on any atom is 0.330 e. The third-order valence-electron chi connectivity index (χ3n) is 3.15. The first-order valence-corrected chi connectivity index (χ1v) is 10.1. The minimum Gasteiger partial charge on any atom is -0.465 e. The third-order valence-corrected chi connectivity index (χ3v) is 3.15. The molecule has 0 aromatic heterocycles. The highest BCUT2D eigenvalue weighted by atomic mass is 16.5. The molecule has 1 fully saturated rings. The summed E-state index contributed by atoms with van der Waals surface area (Å²) in [5.41, 5.74) is 0. The van der Waals surface area contributed by atoms with Crippen molar-refractivity contribution in [3.05, 3.63) is 12.7 Å². The molecule has 0 aromatic rings. The topological polar surface area (TPSA) is 82.6 Å². The summed E-state index contributed by atoms with van der Waals surface area (Å²) in [4.78, 5) is 28.1. The van der Waals surface area contributed by atoms with Crippen LogP contribution in [0.1, 0.15) is 47.5 Å². The normalized spacial score (nSPS) is 14.8. The maximum atomic E-state index is 11.0. The van der Waals surface area contributed by atoms with Gasteiger partial charge in [0.15, 0.2) is 0 Å². The molecule has 1 rings (SSSR count). The van der Waals surface area contributed by atoms with Crippen LogP contribution in [0.2, 0.25) is 0 Å². The lowest BCUT2D eigenvalue weighted by atomic mass is 10.4. The highest BCUT2D eigenvalue weighted by Crippen LogP contribution is 2.07. The van der Waals surface area contributed by atoms with Crippen molar-refractivity contribution in [1.82, 2.24) is 14.7 Å². The van der Waals surface area contributed by atoms with Crippen LogP contribution in [0.15, 0.2) is 12.7 Å². The summed E-state index contributed by atoms with van der Waals surface area (Å²) in [7, 11) is 0. The molecule has 0 amide bonds. The van der Waals surface area contributed by atoms with Gasteiger partial charge >= 0.3 is 11.9 Å². The summed E-state index contributed by atoms with van der Waals surface area (Å²) in [5.74, 6) is -0.728. The third kappa shape index (κ3) is 17.9. The van der Waals surface area contributed by atoms with E-state index in [1.165, 1.54) is 19.8 Å². The number of β-amino-alcohol motifs (C(OH)–C–C–N with tert-alkyl or cyclic N) is 1. The zero-order valence-electron chi connectivity index (χ0n) is 18.5. The molecule has 0 aromatic carbocycles. The average Bonchev–Trinajstić information content (AvgIpc) is 2.63. The fraction of sp³-hybridized carbons (Fsp3) is 0.800. The Labute approximate surface area is 171 Å². The van der Waals surface area contributed by atoms with Gasteiger partial charge in [-0.05, 0) is 0 Å². The number of esters is 2. The molecule has 1 heterocycles. The van der Waals surface area contributed by atoms with Crippen LogP contribution in [0.25, 0.3) is 0 Å². The Balaban J connectivity index is 0. The van der Waals surface area contributed by atoms with Gasteiger partial charge in [-0.2, -0.15) is 0 Å². The number of carbonyl (C=O) groups is 2. The van der Waals surface area contributed by atoms with Gasteiger partial charge < -0.3 is 14.6 Å². The molecule has 0 saturated carbocycles. The van der Waals surface area contributed by atoms with E-state index in [2.05, 4.69) is 49.0 Å². The van der Waals surface area contributed by atoms with Crippen LogP contribution in [-0.4, -0.2) is 91.2 Å². The molecule has 8 nitrogen and oxygen atoms in total. The van der Waals surface area contributed by atoms with Crippen molar-refractivity contribution in [2.75, 3.05) is 59.5 Å². The van der Waals surface area contributed by atoms with Crippen LogP contribution in [-0.2, 0) is 19.1 Å². The van der Waals surface area contributed by atoms with Gasteiger partial charge in [-0.25, -0.2) is 4.79 Å². The Kier molecular flexibility index (Phi) is 20.8. The minimum atomic E-state index is -0.434. The minimum absolute atomic E-state index is 0.0804.